The van der Waals surface area contributed by atoms with Crippen molar-refractivity contribution in [2.45, 2.75) is 17.9 Å². The number of carbonyl (C=O) groups excluding carboxylic acids is 1. The molecule has 3 heterocycles. The van der Waals surface area contributed by atoms with E-state index in [1.54, 1.807) is 11.4 Å². The predicted octanol–water partition coefficient (Wildman–Crippen LogP) is 2.41. The van der Waals surface area contributed by atoms with E-state index in [1.807, 2.05) is 5.32 Å². The number of hydrogen-bond acceptors (Lipinski definition) is 5. The van der Waals surface area contributed by atoms with E-state index in [-0.39, 0.29) is 4.88 Å². The van der Waals surface area contributed by atoms with Gasteiger partial charge in [0.1, 0.15) is 5.92 Å². The molecular formula is C15H12F3N3O2S2. The van der Waals surface area contributed by atoms with Crippen molar-refractivity contribution in [1.29, 1.82) is 0 Å². The van der Waals surface area contributed by atoms with Crippen molar-refractivity contribution in [3.8, 4) is 0 Å². The van der Waals surface area contributed by atoms with E-state index in [0.29, 0.717) is 5.56 Å². The number of rotatable bonds is 3. The molecular weight excluding hydrogens is 375 g/mol. The smallest absolute Gasteiger partial charge is 0.363 e. The first-order valence-corrected chi connectivity index (χ1v) is 8.38. The second-order valence-electron chi connectivity index (χ2n) is 5.44. The van der Waals surface area contributed by atoms with E-state index < -0.39 is 34.8 Å². The first-order chi connectivity index (χ1) is 11.7. The Kier molecular flexibility index (Phi) is 4.52. The molecule has 1 aliphatic heterocycles. The Hall–Kier alpha value is -2.04. The maximum Gasteiger partial charge on any atom is 0.437 e. The van der Waals surface area contributed by atoms with Gasteiger partial charge in [0, 0.05) is 12.4 Å². The van der Waals surface area contributed by atoms with Gasteiger partial charge >= 0.3 is 6.18 Å². The van der Waals surface area contributed by atoms with Gasteiger partial charge in [-0.1, -0.05) is 6.07 Å². The third-order valence-corrected chi connectivity index (χ3v) is 5.02. The van der Waals surface area contributed by atoms with Crippen molar-refractivity contribution >= 4 is 34.5 Å². The fourth-order valence-corrected chi connectivity index (χ4v) is 3.75. The Morgan fingerprint density at radius 1 is 1.32 bits per heavy atom. The number of Topliss-reactive ketones (excluding diaryl/α,β-unsaturated/α-hetero) is 1. The van der Waals surface area contributed by atoms with Crippen LogP contribution in [0, 0.1) is 5.92 Å². The standard InChI is InChI=1S/C15H12F3N3O2S2/c16-15(17,18)14(23)10(12(22)9-2-1-7-25-9)11(20-13(24)21-14)8-3-5-19-6-4-8/h1-7,10-11,23H,(H2,20,21,24)/t10-,11+,14-/m0/s1. The normalized spacial score (nSPS) is 26.6. The summed E-state index contributed by atoms with van der Waals surface area (Å²) in [7, 11) is 0. The van der Waals surface area contributed by atoms with Crippen molar-refractivity contribution < 1.29 is 23.1 Å². The second-order valence-corrected chi connectivity index (χ2v) is 6.80. The zero-order valence-corrected chi connectivity index (χ0v) is 14.1. The Balaban J connectivity index is 2.15. The molecule has 25 heavy (non-hydrogen) atoms. The molecule has 0 saturated carbocycles. The zero-order valence-electron chi connectivity index (χ0n) is 12.4. The van der Waals surface area contributed by atoms with Crippen LogP contribution in [-0.2, 0) is 0 Å². The average molecular weight is 387 g/mol. The van der Waals surface area contributed by atoms with E-state index in [9.17, 15) is 23.1 Å². The molecule has 5 nitrogen and oxygen atoms in total. The number of thiophene rings is 1. The summed E-state index contributed by atoms with van der Waals surface area (Å²) in [4.78, 5) is 16.8. The summed E-state index contributed by atoms with van der Waals surface area (Å²) in [6, 6.07) is 4.74. The molecule has 3 atom stereocenters. The molecule has 1 aliphatic rings. The Morgan fingerprint density at radius 3 is 2.56 bits per heavy atom. The van der Waals surface area contributed by atoms with Crippen molar-refractivity contribution in [1.82, 2.24) is 15.6 Å². The minimum Gasteiger partial charge on any atom is -0.363 e. The summed E-state index contributed by atoms with van der Waals surface area (Å²) < 4.78 is 41.0. The number of alkyl halides is 3. The quantitative estimate of drug-likeness (QED) is 0.555. The van der Waals surface area contributed by atoms with Crippen molar-refractivity contribution in [2.24, 2.45) is 5.92 Å². The van der Waals surface area contributed by atoms with Crippen LogP contribution in [0.5, 0.6) is 0 Å². The lowest BCUT2D eigenvalue weighted by atomic mass is 9.79. The molecule has 3 rings (SSSR count). The number of halogens is 3. The molecule has 0 bridgehead atoms. The second kappa shape index (κ2) is 6.36. The third kappa shape index (κ3) is 3.12. The average Bonchev–Trinajstić information content (AvgIpc) is 3.08. The fourth-order valence-electron chi connectivity index (χ4n) is 2.76. The molecule has 3 N–H and O–H groups in total. The number of thiocarbonyl (C=S) groups is 1. The lowest BCUT2D eigenvalue weighted by Crippen LogP contribution is -2.72. The molecule has 0 amide bonds. The SMILES string of the molecule is O=C(c1cccs1)[C@@H]1[C@@H](c2ccncc2)NC(=S)N[C@@]1(O)C(F)(F)F. The van der Waals surface area contributed by atoms with Gasteiger partial charge < -0.3 is 15.7 Å². The highest BCUT2D eigenvalue weighted by molar-refractivity contribution is 7.80. The molecule has 0 aliphatic carbocycles. The molecule has 0 unspecified atom stereocenters. The van der Waals surface area contributed by atoms with Crippen LogP contribution in [0.4, 0.5) is 13.2 Å². The Bertz CT molecular complexity index is 783. The third-order valence-electron chi connectivity index (χ3n) is 3.92. The first-order valence-electron chi connectivity index (χ1n) is 7.09. The fraction of sp³-hybridized carbons (Fsp3) is 0.267. The van der Waals surface area contributed by atoms with Crippen LogP contribution in [0.2, 0.25) is 0 Å². The van der Waals surface area contributed by atoms with Crippen molar-refractivity contribution in [2.75, 3.05) is 0 Å². The molecule has 2 aromatic heterocycles. The lowest BCUT2D eigenvalue weighted by molar-refractivity contribution is -0.285. The lowest BCUT2D eigenvalue weighted by Gasteiger charge is -2.46. The van der Waals surface area contributed by atoms with Gasteiger partial charge in [-0.2, -0.15) is 13.2 Å². The van der Waals surface area contributed by atoms with Gasteiger partial charge in [-0.3, -0.25) is 9.78 Å². The minimum atomic E-state index is -5.12. The van der Waals surface area contributed by atoms with Crippen LogP contribution >= 0.6 is 23.6 Å². The summed E-state index contributed by atoms with van der Waals surface area (Å²) in [5, 5.41) is 16.1. The summed E-state index contributed by atoms with van der Waals surface area (Å²) in [5.74, 6) is -2.71. The summed E-state index contributed by atoms with van der Waals surface area (Å²) >= 11 is 5.84. The van der Waals surface area contributed by atoms with Gasteiger partial charge in [0.15, 0.2) is 10.9 Å². The van der Waals surface area contributed by atoms with Gasteiger partial charge in [0.25, 0.3) is 0 Å². The van der Waals surface area contributed by atoms with E-state index in [4.69, 9.17) is 12.2 Å². The number of pyridine rings is 1. The molecule has 132 valence electrons. The largest absolute Gasteiger partial charge is 0.437 e. The molecule has 0 aromatic carbocycles. The monoisotopic (exact) mass is 387 g/mol. The summed E-state index contributed by atoms with van der Waals surface area (Å²) in [6.45, 7) is 0. The topological polar surface area (TPSA) is 74.2 Å². The van der Waals surface area contributed by atoms with Crippen LogP contribution in [0.25, 0.3) is 0 Å². The van der Waals surface area contributed by atoms with Gasteiger partial charge in [0.2, 0.25) is 5.72 Å². The highest BCUT2D eigenvalue weighted by Gasteiger charge is 2.65. The van der Waals surface area contributed by atoms with E-state index in [2.05, 4.69) is 10.3 Å². The van der Waals surface area contributed by atoms with Crippen LogP contribution in [0.15, 0.2) is 42.0 Å². The van der Waals surface area contributed by atoms with Crippen LogP contribution in [0.3, 0.4) is 0 Å². The van der Waals surface area contributed by atoms with E-state index in [1.165, 1.54) is 30.6 Å². The molecule has 2 aromatic rings. The van der Waals surface area contributed by atoms with Crippen molar-refractivity contribution in [3.05, 3.63) is 52.5 Å². The number of aromatic nitrogens is 1. The predicted molar refractivity (Wildman–Crippen MR) is 89.0 cm³/mol. The van der Waals surface area contributed by atoms with Crippen LogP contribution in [0.1, 0.15) is 21.3 Å². The highest BCUT2D eigenvalue weighted by atomic mass is 32.1. The minimum absolute atomic E-state index is 0.114. The number of aliphatic hydroxyl groups is 1. The number of carbonyl (C=O) groups is 1. The highest BCUT2D eigenvalue weighted by Crippen LogP contribution is 2.44. The molecule has 1 fully saturated rings. The van der Waals surface area contributed by atoms with E-state index >= 15 is 0 Å². The van der Waals surface area contributed by atoms with Crippen LogP contribution in [-0.4, -0.2) is 32.9 Å². The number of nitrogens with one attached hydrogen (secondary N) is 2. The Morgan fingerprint density at radius 2 is 2.00 bits per heavy atom. The van der Waals surface area contributed by atoms with Gasteiger partial charge in [0.05, 0.1) is 10.9 Å². The Labute approximate surface area is 149 Å². The molecule has 10 heteroatoms. The van der Waals surface area contributed by atoms with Gasteiger partial charge in [-0.25, -0.2) is 0 Å². The maximum atomic E-state index is 13.7. The number of hydrogen-bond donors (Lipinski definition) is 3. The van der Waals surface area contributed by atoms with E-state index in [0.717, 1.165) is 11.3 Å². The molecule has 0 spiro atoms. The summed E-state index contributed by atoms with van der Waals surface area (Å²) in [6.07, 6.45) is -2.34. The van der Waals surface area contributed by atoms with Crippen molar-refractivity contribution in [3.63, 3.8) is 0 Å². The van der Waals surface area contributed by atoms with Gasteiger partial charge in [-0.05, 0) is 41.4 Å². The number of ketones is 1. The zero-order chi connectivity index (χ0) is 18.2. The number of nitrogens with zero attached hydrogens (tertiary/aromatic N) is 1. The molecule has 0 radical (unpaired) electrons. The van der Waals surface area contributed by atoms with Crippen LogP contribution < -0.4 is 10.6 Å². The van der Waals surface area contributed by atoms with Gasteiger partial charge in [-0.15, -0.1) is 11.3 Å². The first kappa shape index (κ1) is 17.8. The molecule has 1 saturated heterocycles. The maximum absolute atomic E-state index is 13.7. The summed E-state index contributed by atoms with van der Waals surface area (Å²) in [5.41, 5.74) is -3.14.